The van der Waals surface area contributed by atoms with Crippen LogP contribution in [0.25, 0.3) is 0 Å². The SMILES string of the molecule is Cc1ccccc1O[C@H]1c2cc(Cl)cc(Cl)c2C[C@@H]1N1CCNCC1. The summed E-state index contributed by atoms with van der Waals surface area (Å²) in [5, 5.41) is 4.84. The van der Waals surface area contributed by atoms with Gasteiger partial charge >= 0.3 is 0 Å². The predicted octanol–water partition coefficient (Wildman–Crippen LogP) is 4.25. The van der Waals surface area contributed by atoms with E-state index in [1.165, 1.54) is 5.56 Å². The molecule has 5 heteroatoms. The molecule has 2 aliphatic rings. The molecule has 1 saturated heterocycles. The van der Waals surface area contributed by atoms with E-state index < -0.39 is 0 Å². The van der Waals surface area contributed by atoms with Gasteiger partial charge in [0.15, 0.2) is 0 Å². The quantitative estimate of drug-likeness (QED) is 0.866. The summed E-state index contributed by atoms with van der Waals surface area (Å²) in [6.07, 6.45) is 0.854. The van der Waals surface area contributed by atoms with Gasteiger partial charge in [-0.2, -0.15) is 0 Å². The van der Waals surface area contributed by atoms with Gasteiger partial charge in [0, 0.05) is 41.8 Å². The number of nitrogens with one attached hydrogen (secondary N) is 1. The zero-order valence-corrected chi connectivity index (χ0v) is 15.8. The summed E-state index contributed by atoms with van der Waals surface area (Å²) in [6.45, 7) is 6.15. The second-order valence-electron chi connectivity index (χ2n) is 6.82. The standard InChI is InChI=1S/C20H22Cl2N2O/c1-13-4-2-3-5-19(13)25-20-16-10-14(21)11-17(22)15(16)12-18(20)24-8-6-23-7-9-24/h2-5,10-11,18,20,23H,6-9,12H2,1H3/t18-,20-/m0/s1. The lowest BCUT2D eigenvalue weighted by Crippen LogP contribution is -2.50. The zero-order chi connectivity index (χ0) is 17.4. The highest BCUT2D eigenvalue weighted by Gasteiger charge is 2.40. The van der Waals surface area contributed by atoms with Crippen molar-refractivity contribution >= 4 is 23.2 Å². The van der Waals surface area contributed by atoms with Crippen LogP contribution >= 0.6 is 23.2 Å². The first-order chi connectivity index (χ1) is 12.1. The summed E-state index contributed by atoms with van der Waals surface area (Å²) in [5.41, 5.74) is 3.45. The Hall–Kier alpha value is -1.26. The molecular formula is C20H22Cl2N2O. The molecule has 0 saturated carbocycles. The maximum Gasteiger partial charge on any atom is 0.140 e. The molecule has 0 amide bonds. The third kappa shape index (κ3) is 3.39. The van der Waals surface area contributed by atoms with Crippen LogP contribution in [-0.2, 0) is 6.42 Å². The van der Waals surface area contributed by atoms with Crippen molar-refractivity contribution < 1.29 is 4.74 Å². The molecule has 132 valence electrons. The molecule has 0 unspecified atom stereocenters. The summed E-state index contributed by atoms with van der Waals surface area (Å²) in [4.78, 5) is 2.52. The van der Waals surface area contributed by atoms with Crippen molar-refractivity contribution in [2.24, 2.45) is 0 Å². The second-order valence-corrected chi connectivity index (χ2v) is 7.66. The molecule has 3 nitrogen and oxygen atoms in total. The van der Waals surface area contributed by atoms with Crippen molar-refractivity contribution in [1.82, 2.24) is 10.2 Å². The van der Waals surface area contributed by atoms with Gasteiger partial charge in [-0.05, 0) is 42.7 Å². The van der Waals surface area contributed by atoms with Crippen LogP contribution in [0.2, 0.25) is 10.0 Å². The van der Waals surface area contributed by atoms with Crippen LogP contribution in [-0.4, -0.2) is 37.1 Å². The lowest BCUT2D eigenvalue weighted by molar-refractivity contribution is 0.0689. The number of rotatable bonds is 3. The van der Waals surface area contributed by atoms with Crippen molar-refractivity contribution in [3.63, 3.8) is 0 Å². The molecule has 1 N–H and O–H groups in total. The fraction of sp³-hybridized carbons (Fsp3) is 0.400. The Morgan fingerprint density at radius 1 is 1.12 bits per heavy atom. The minimum atomic E-state index is -0.0506. The van der Waals surface area contributed by atoms with E-state index >= 15 is 0 Å². The lowest BCUT2D eigenvalue weighted by Gasteiger charge is -2.36. The van der Waals surface area contributed by atoms with Gasteiger partial charge < -0.3 is 10.1 Å². The molecular weight excluding hydrogens is 355 g/mol. The second kappa shape index (κ2) is 7.16. The van der Waals surface area contributed by atoms with Gasteiger partial charge in [-0.3, -0.25) is 4.90 Å². The Morgan fingerprint density at radius 2 is 1.88 bits per heavy atom. The normalized spacial score (nSPS) is 23.5. The van der Waals surface area contributed by atoms with Crippen molar-refractivity contribution in [3.05, 3.63) is 63.1 Å². The number of fused-ring (bicyclic) bond motifs is 1. The number of halogens is 2. The number of hydrogen-bond acceptors (Lipinski definition) is 3. The van der Waals surface area contributed by atoms with Crippen LogP contribution in [0.5, 0.6) is 5.75 Å². The third-order valence-corrected chi connectivity index (χ3v) is 5.79. The third-order valence-electron chi connectivity index (χ3n) is 5.23. The number of benzene rings is 2. The highest BCUT2D eigenvalue weighted by molar-refractivity contribution is 6.35. The maximum absolute atomic E-state index is 6.53. The Morgan fingerprint density at radius 3 is 2.64 bits per heavy atom. The summed E-state index contributed by atoms with van der Waals surface area (Å²) >= 11 is 12.8. The minimum absolute atomic E-state index is 0.0506. The molecule has 0 bridgehead atoms. The predicted molar refractivity (Wildman–Crippen MR) is 103 cm³/mol. The zero-order valence-electron chi connectivity index (χ0n) is 14.3. The van der Waals surface area contributed by atoms with Crippen LogP contribution in [0.15, 0.2) is 36.4 Å². The van der Waals surface area contributed by atoms with Crippen molar-refractivity contribution in [2.45, 2.75) is 25.5 Å². The lowest BCUT2D eigenvalue weighted by atomic mass is 10.1. The van der Waals surface area contributed by atoms with Crippen molar-refractivity contribution in [2.75, 3.05) is 26.2 Å². The molecule has 25 heavy (non-hydrogen) atoms. The van der Waals surface area contributed by atoms with Gasteiger partial charge in [-0.15, -0.1) is 0 Å². The maximum atomic E-state index is 6.53. The Kier molecular flexibility index (Phi) is 4.92. The average molecular weight is 377 g/mol. The van der Waals surface area contributed by atoms with Crippen LogP contribution in [0.3, 0.4) is 0 Å². The molecule has 1 aliphatic carbocycles. The molecule has 4 rings (SSSR count). The monoisotopic (exact) mass is 376 g/mol. The van der Waals surface area contributed by atoms with E-state index in [-0.39, 0.29) is 12.1 Å². The molecule has 2 atom stereocenters. The number of aryl methyl sites for hydroxylation is 1. The number of hydrogen-bond donors (Lipinski definition) is 1. The van der Waals surface area contributed by atoms with Gasteiger partial charge in [0.2, 0.25) is 0 Å². The van der Waals surface area contributed by atoms with Gasteiger partial charge in [-0.25, -0.2) is 0 Å². The first kappa shape index (κ1) is 17.2. The number of nitrogens with zero attached hydrogens (tertiary/aromatic N) is 1. The van der Waals surface area contributed by atoms with Crippen molar-refractivity contribution in [1.29, 1.82) is 0 Å². The summed E-state index contributed by atoms with van der Waals surface area (Å²) < 4.78 is 6.53. The summed E-state index contributed by atoms with van der Waals surface area (Å²) in [5.74, 6) is 0.927. The number of para-hydroxylation sites is 1. The molecule has 1 fully saturated rings. The van der Waals surface area contributed by atoms with Crippen molar-refractivity contribution in [3.8, 4) is 5.75 Å². The number of piperazine rings is 1. The first-order valence-corrected chi connectivity index (χ1v) is 9.54. The largest absolute Gasteiger partial charge is 0.484 e. The first-order valence-electron chi connectivity index (χ1n) is 8.78. The van der Waals surface area contributed by atoms with E-state index in [1.807, 2.05) is 30.3 Å². The Balaban J connectivity index is 1.72. The van der Waals surface area contributed by atoms with E-state index in [2.05, 4.69) is 23.2 Å². The van der Waals surface area contributed by atoms with E-state index in [4.69, 9.17) is 27.9 Å². The van der Waals surface area contributed by atoms with Crippen LogP contribution in [0, 0.1) is 6.92 Å². The molecule has 2 aromatic rings. The van der Waals surface area contributed by atoms with Gasteiger partial charge in [0.05, 0.1) is 6.04 Å². The molecule has 1 aliphatic heterocycles. The molecule has 2 aromatic carbocycles. The Labute approximate surface area is 158 Å². The van der Waals surface area contributed by atoms with E-state index in [0.717, 1.165) is 54.5 Å². The van der Waals surface area contributed by atoms with Gasteiger partial charge in [-0.1, -0.05) is 41.4 Å². The van der Waals surface area contributed by atoms with Gasteiger partial charge in [0.25, 0.3) is 0 Å². The Bertz CT molecular complexity index is 774. The molecule has 0 spiro atoms. The minimum Gasteiger partial charge on any atom is -0.484 e. The van der Waals surface area contributed by atoms with Crippen LogP contribution in [0.4, 0.5) is 0 Å². The fourth-order valence-corrected chi connectivity index (χ4v) is 4.50. The fourth-order valence-electron chi connectivity index (χ4n) is 3.92. The highest BCUT2D eigenvalue weighted by atomic mass is 35.5. The van der Waals surface area contributed by atoms with Crippen LogP contribution in [0.1, 0.15) is 22.8 Å². The highest BCUT2D eigenvalue weighted by Crippen LogP contribution is 2.43. The van der Waals surface area contributed by atoms with Crippen LogP contribution < -0.4 is 10.1 Å². The smallest absolute Gasteiger partial charge is 0.140 e. The number of ether oxygens (including phenoxy) is 1. The van der Waals surface area contributed by atoms with Gasteiger partial charge in [0.1, 0.15) is 11.9 Å². The topological polar surface area (TPSA) is 24.5 Å². The van der Waals surface area contributed by atoms with E-state index in [0.29, 0.717) is 5.02 Å². The van der Waals surface area contributed by atoms with E-state index in [9.17, 15) is 0 Å². The molecule has 1 heterocycles. The molecule has 0 aromatic heterocycles. The average Bonchev–Trinajstić information content (AvgIpc) is 2.97. The molecule has 0 radical (unpaired) electrons. The summed E-state index contributed by atoms with van der Waals surface area (Å²) in [6, 6.07) is 12.3. The summed E-state index contributed by atoms with van der Waals surface area (Å²) in [7, 11) is 0. The van der Waals surface area contributed by atoms with E-state index in [1.54, 1.807) is 0 Å².